The summed E-state index contributed by atoms with van der Waals surface area (Å²) in [5, 5.41) is 18.2. The molecule has 35 heavy (non-hydrogen) atoms. The molecule has 5 aromatic rings. The average molecular weight is 487 g/mol. The first-order valence-corrected chi connectivity index (χ1v) is 11.4. The van der Waals surface area contributed by atoms with Crippen molar-refractivity contribution in [3.8, 4) is 22.5 Å². The van der Waals surface area contributed by atoms with Gasteiger partial charge in [0.2, 0.25) is 11.8 Å². The van der Waals surface area contributed by atoms with Crippen LogP contribution in [0, 0.1) is 10.8 Å². The summed E-state index contributed by atoms with van der Waals surface area (Å²) in [5.41, 5.74) is 7.70. The molecule has 0 bridgehead atoms. The Hall–Kier alpha value is -4.03. The summed E-state index contributed by atoms with van der Waals surface area (Å²) in [5.74, 6) is 0.371. The van der Waals surface area contributed by atoms with E-state index in [-0.39, 0.29) is 24.2 Å². The maximum absolute atomic E-state index is 8.02. The number of halogens is 1. The lowest BCUT2D eigenvalue weighted by Gasteiger charge is -2.04. The van der Waals surface area contributed by atoms with Crippen LogP contribution >= 0.6 is 12.4 Å². The Labute approximate surface area is 209 Å². The molecule has 178 valence electrons. The molecule has 7 heteroatoms. The van der Waals surface area contributed by atoms with E-state index < -0.39 is 0 Å². The Kier molecular flexibility index (Phi) is 6.94. The van der Waals surface area contributed by atoms with Gasteiger partial charge in [0.1, 0.15) is 0 Å². The highest BCUT2D eigenvalue weighted by Crippen LogP contribution is 2.29. The second-order valence-corrected chi connectivity index (χ2v) is 8.07. The van der Waals surface area contributed by atoms with E-state index in [0.29, 0.717) is 13.2 Å². The van der Waals surface area contributed by atoms with Gasteiger partial charge in [0.15, 0.2) is 0 Å². The minimum absolute atomic E-state index is 0. The van der Waals surface area contributed by atoms with E-state index in [0.717, 1.165) is 55.4 Å². The number of hydrogen-bond donors (Lipinski definition) is 4. The highest BCUT2D eigenvalue weighted by atomic mass is 35.5. The molecule has 6 nitrogen and oxygen atoms in total. The minimum atomic E-state index is 0. The van der Waals surface area contributed by atoms with Crippen LogP contribution in [0.2, 0.25) is 0 Å². The smallest absolute Gasteiger partial charge is 0.213 e. The summed E-state index contributed by atoms with van der Waals surface area (Å²) in [7, 11) is 0. The number of benzene rings is 3. The molecule has 0 fully saturated rings. The van der Waals surface area contributed by atoms with Crippen molar-refractivity contribution in [1.29, 1.82) is 10.8 Å². The molecule has 0 spiro atoms. The molecule has 2 aromatic heterocycles. The summed E-state index contributed by atoms with van der Waals surface area (Å²) >= 11 is 0. The van der Waals surface area contributed by atoms with Crippen molar-refractivity contribution in [3.63, 3.8) is 0 Å². The van der Waals surface area contributed by atoms with Crippen LogP contribution in [0.4, 0.5) is 0 Å². The number of hydrogen-bond acceptors (Lipinski definition) is 4. The first-order valence-electron chi connectivity index (χ1n) is 11.4. The lowest BCUT2D eigenvalue weighted by molar-refractivity contribution is 0.325. The molecule has 0 atom stereocenters. The van der Waals surface area contributed by atoms with Gasteiger partial charge >= 0.3 is 0 Å². The van der Waals surface area contributed by atoms with Crippen LogP contribution in [-0.2, 0) is 9.47 Å². The second-order valence-electron chi connectivity index (χ2n) is 8.07. The first-order chi connectivity index (χ1) is 16.6. The predicted octanol–water partition coefficient (Wildman–Crippen LogP) is 7.13. The highest BCUT2D eigenvalue weighted by molar-refractivity contribution is 5.98. The number of ether oxygens (including phenoxy) is 2. The monoisotopic (exact) mass is 486 g/mol. The van der Waals surface area contributed by atoms with E-state index in [1.54, 1.807) is 0 Å². The summed E-state index contributed by atoms with van der Waals surface area (Å²) in [6, 6.07) is 24.4. The molecule has 0 aliphatic carbocycles. The molecule has 0 radical (unpaired) electrons. The van der Waals surface area contributed by atoms with Crippen LogP contribution in [0.15, 0.2) is 72.8 Å². The second kappa shape index (κ2) is 10.1. The SMILES string of the molecule is CCOC(=N)c1ccc2cc(-c3ccc(-c4cc5ccc(C(=N)OCC)cc5[nH]4)cc3)[nH]c2c1.Cl. The largest absolute Gasteiger partial charge is 0.478 e. The zero-order valence-corrected chi connectivity index (χ0v) is 20.4. The van der Waals surface area contributed by atoms with Gasteiger partial charge in [0.05, 0.1) is 13.2 Å². The van der Waals surface area contributed by atoms with Gasteiger partial charge in [-0.2, -0.15) is 0 Å². The molecule has 0 saturated carbocycles. The molecule has 0 unspecified atom stereocenters. The molecule has 2 heterocycles. The minimum Gasteiger partial charge on any atom is -0.478 e. The van der Waals surface area contributed by atoms with Gasteiger partial charge in [-0.05, 0) is 61.4 Å². The predicted molar refractivity (Wildman–Crippen MR) is 145 cm³/mol. The van der Waals surface area contributed by atoms with Crippen molar-refractivity contribution in [2.75, 3.05) is 13.2 Å². The molecule has 5 rings (SSSR count). The number of H-pyrrole nitrogens is 2. The van der Waals surface area contributed by atoms with Crippen molar-refractivity contribution >= 4 is 46.0 Å². The number of aromatic amines is 2. The summed E-state index contributed by atoms with van der Waals surface area (Å²) in [6.45, 7) is 4.72. The first kappa shape index (κ1) is 24.1. The van der Waals surface area contributed by atoms with Crippen LogP contribution in [0.25, 0.3) is 44.3 Å². The van der Waals surface area contributed by atoms with E-state index >= 15 is 0 Å². The Balaban J connectivity index is 0.00000289. The van der Waals surface area contributed by atoms with Gasteiger partial charge in [0, 0.05) is 44.3 Å². The number of nitrogens with one attached hydrogen (secondary N) is 4. The van der Waals surface area contributed by atoms with E-state index in [1.807, 2.05) is 50.2 Å². The third-order valence-electron chi connectivity index (χ3n) is 5.85. The fourth-order valence-electron chi connectivity index (χ4n) is 4.13. The van der Waals surface area contributed by atoms with Gasteiger partial charge < -0.3 is 19.4 Å². The molecule has 0 aliphatic rings. The van der Waals surface area contributed by atoms with Crippen molar-refractivity contribution in [2.45, 2.75) is 13.8 Å². The normalized spacial score (nSPS) is 10.8. The number of rotatable bonds is 6. The van der Waals surface area contributed by atoms with E-state index in [1.165, 1.54) is 0 Å². The van der Waals surface area contributed by atoms with Gasteiger partial charge in [-0.3, -0.25) is 10.8 Å². The van der Waals surface area contributed by atoms with Crippen molar-refractivity contribution in [2.24, 2.45) is 0 Å². The van der Waals surface area contributed by atoms with Crippen LogP contribution in [0.1, 0.15) is 25.0 Å². The lowest BCUT2D eigenvalue weighted by Crippen LogP contribution is -2.04. The van der Waals surface area contributed by atoms with E-state index in [2.05, 4.69) is 46.4 Å². The van der Waals surface area contributed by atoms with Gasteiger partial charge in [-0.25, -0.2) is 0 Å². The Morgan fingerprint density at radius 1 is 0.629 bits per heavy atom. The summed E-state index contributed by atoms with van der Waals surface area (Å²) in [6.07, 6.45) is 0. The maximum Gasteiger partial charge on any atom is 0.213 e. The number of aromatic nitrogens is 2. The summed E-state index contributed by atoms with van der Waals surface area (Å²) in [4.78, 5) is 6.93. The van der Waals surface area contributed by atoms with Gasteiger partial charge in [-0.15, -0.1) is 12.4 Å². The lowest BCUT2D eigenvalue weighted by atomic mass is 10.1. The van der Waals surface area contributed by atoms with Crippen molar-refractivity contribution in [3.05, 3.63) is 83.9 Å². The Morgan fingerprint density at radius 3 is 1.40 bits per heavy atom. The van der Waals surface area contributed by atoms with Crippen LogP contribution in [0.5, 0.6) is 0 Å². The van der Waals surface area contributed by atoms with Crippen LogP contribution in [0.3, 0.4) is 0 Å². The van der Waals surface area contributed by atoms with Crippen LogP contribution in [-0.4, -0.2) is 35.0 Å². The molecular formula is C28H27ClN4O2. The van der Waals surface area contributed by atoms with Gasteiger partial charge in [-0.1, -0.05) is 36.4 Å². The Bertz CT molecular complexity index is 1400. The standard InChI is InChI=1S/C28H26N4O2.ClH/c1-3-33-27(29)21-11-9-19-13-23(31-25(19)15-21)17-5-7-18(8-6-17)24-14-20-10-12-22(16-26(20)32-24)28(30)34-4-2;/h5-16,29-32H,3-4H2,1-2H3;1H. The third-order valence-corrected chi connectivity index (χ3v) is 5.85. The summed E-state index contributed by atoms with van der Waals surface area (Å²) < 4.78 is 10.6. The van der Waals surface area contributed by atoms with E-state index in [4.69, 9.17) is 20.3 Å². The molecule has 0 amide bonds. The molecule has 0 aliphatic heterocycles. The third kappa shape index (κ3) is 4.79. The zero-order valence-electron chi connectivity index (χ0n) is 19.6. The van der Waals surface area contributed by atoms with Crippen molar-refractivity contribution < 1.29 is 9.47 Å². The fourth-order valence-corrected chi connectivity index (χ4v) is 4.13. The van der Waals surface area contributed by atoms with E-state index in [9.17, 15) is 0 Å². The zero-order chi connectivity index (χ0) is 23.7. The number of fused-ring (bicyclic) bond motifs is 2. The fraction of sp³-hybridized carbons (Fsp3) is 0.143. The van der Waals surface area contributed by atoms with Crippen LogP contribution < -0.4 is 0 Å². The molecule has 4 N–H and O–H groups in total. The quantitative estimate of drug-likeness (QED) is 0.152. The van der Waals surface area contributed by atoms with Gasteiger partial charge in [0.25, 0.3) is 0 Å². The van der Waals surface area contributed by atoms with Crippen molar-refractivity contribution in [1.82, 2.24) is 9.97 Å². The highest BCUT2D eigenvalue weighted by Gasteiger charge is 2.10. The molecule has 3 aromatic carbocycles. The molecular weight excluding hydrogens is 460 g/mol. The maximum atomic E-state index is 8.02. The topological polar surface area (TPSA) is 97.7 Å². The molecule has 0 saturated heterocycles. The average Bonchev–Trinajstić information content (AvgIpc) is 3.47. The Morgan fingerprint density at radius 2 is 1.03 bits per heavy atom.